The van der Waals surface area contributed by atoms with Gasteiger partial charge in [0.25, 0.3) is 0 Å². The predicted octanol–water partition coefficient (Wildman–Crippen LogP) is 4.51. The highest BCUT2D eigenvalue weighted by Crippen LogP contribution is 2.55. The van der Waals surface area contributed by atoms with Crippen LogP contribution in [0.25, 0.3) is 0 Å². The number of aromatic nitrogens is 2. The molecule has 8 atom stereocenters. The number of nitrogens with zero attached hydrogens (tertiary/aromatic N) is 2. The zero-order valence-corrected chi connectivity index (χ0v) is 27.9. The molecule has 0 N–H and O–H groups in total. The highest BCUT2D eigenvalue weighted by atomic mass is 16.6. The van der Waals surface area contributed by atoms with Crippen LogP contribution in [0.4, 0.5) is 0 Å². The monoisotopic (exact) mass is 612 g/mol. The highest BCUT2D eigenvalue weighted by molar-refractivity contribution is 5.76. The lowest BCUT2D eigenvalue weighted by Crippen LogP contribution is -2.46. The van der Waals surface area contributed by atoms with Crippen molar-refractivity contribution in [3.63, 3.8) is 0 Å². The van der Waals surface area contributed by atoms with E-state index >= 15 is 0 Å². The smallest absolute Gasteiger partial charge is 0.311 e. The van der Waals surface area contributed by atoms with E-state index in [0.717, 1.165) is 22.8 Å². The van der Waals surface area contributed by atoms with Gasteiger partial charge in [-0.2, -0.15) is 0 Å². The third kappa shape index (κ3) is 5.73. The summed E-state index contributed by atoms with van der Waals surface area (Å²) in [7, 11) is 0. The third-order valence-electron chi connectivity index (χ3n) is 10.4. The summed E-state index contributed by atoms with van der Waals surface area (Å²) in [5, 5.41) is 0. The Balaban J connectivity index is 1.49. The number of rotatable bonds is 4. The maximum atomic E-state index is 13.0. The molecule has 2 fully saturated rings. The van der Waals surface area contributed by atoms with Gasteiger partial charge < -0.3 is 18.9 Å². The average Bonchev–Trinajstić information content (AvgIpc) is 3.27. The fraction of sp³-hybridized carbons (Fsp3) is 0.765. The van der Waals surface area contributed by atoms with Crippen LogP contribution in [0.2, 0.25) is 0 Å². The molecule has 242 valence electrons. The lowest BCUT2D eigenvalue weighted by Gasteiger charge is -2.43. The Hall–Kier alpha value is -3.04. The highest BCUT2D eigenvalue weighted by Gasteiger charge is 2.60. The maximum Gasteiger partial charge on any atom is 0.311 e. The number of esters is 4. The minimum Gasteiger partial charge on any atom is -0.462 e. The van der Waals surface area contributed by atoms with E-state index in [-0.39, 0.29) is 35.7 Å². The molecule has 0 aliphatic heterocycles. The van der Waals surface area contributed by atoms with Gasteiger partial charge in [0, 0.05) is 62.2 Å². The van der Waals surface area contributed by atoms with E-state index in [9.17, 15) is 19.2 Å². The first kappa shape index (κ1) is 32.4. The molecule has 0 saturated heterocycles. The van der Waals surface area contributed by atoms with Crippen molar-refractivity contribution in [1.29, 1.82) is 0 Å². The number of carbonyl (C=O) groups is 4. The minimum atomic E-state index is -0.664. The van der Waals surface area contributed by atoms with Gasteiger partial charge in [-0.05, 0) is 54.4 Å². The molecule has 1 aromatic heterocycles. The summed E-state index contributed by atoms with van der Waals surface area (Å²) < 4.78 is 23.8. The molecule has 10 nitrogen and oxygen atoms in total. The Morgan fingerprint density at radius 3 is 1.25 bits per heavy atom. The summed E-state index contributed by atoms with van der Waals surface area (Å²) in [6.07, 6.45) is 1.37. The van der Waals surface area contributed by atoms with Gasteiger partial charge in [-0.3, -0.25) is 29.1 Å². The summed E-state index contributed by atoms with van der Waals surface area (Å²) >= 11 is 0. The first-order valence-electron chi connectivity index (χ1n) is 15.9. The molecule has 5 rings (SSSR count). The Morgan fingerprint density at radius 2 is 0.955 bits per heavy atom. The van der Waals surface area contributed by atoms with Crippen LogP contribution in [0.15, 0.2) is 0 Å². The van der Waals surface area contributed by atoms with Crippen LogP contribution in [0.3, 0.4) is 0 Å². The molecule has 0 aromatic carbocycles. The van der Waals surface area contributed by atoms with Gasteiger partial charge in [0.1, 0.15) is 24.4 Å². The molecule has 44 heavy (non-hydrogen) atoms. The molecule has 1 aromatic rings. The largest absolute Gasteiger partial charge is 0.462 e. The van der Waals surface area contributed by atoms with Gasteiger partial charge in [-0.15, -0.1) is 0 Å². The summed E-state index contributed by atoms with van der Waals surface area (Å²) in [5.74, 6) is -1.46. The topological polar surface area (TPSA) is 131 Å². The second-order valence-corrected chi connectivity index (χ2v) is 16.1. The van der Waals surface area contributed by atoms with Crippen LogP contribution in [0, 0.1) is 33.5 Å². The third-order valence-corrected chi connectivity index (χ3v) is 10.4. The molecule has 0 bridgehead atoms. The molecular formula is C34H48N2O8. The maximum absolute atomic E-state index is 13.0. The summed E-state index contributed by atoms with van der Waals surface area (Å²) in [5.41, 5.74) is 1.16. The van der Waals surface area contributed by atoms with Crippen molar-refractivity contribution in [1.82, 2.24) is 9.97 Å². The molecule has 10 heteroatoms. The van der Waals surface area contributed by atoms with Crippen LogP contribution in [-0.4, -0.2) is 58.3 Å². The zero-order valence-electron chi connectivity index (χ0n) is 27.9. The Morgan fingerprint density at radius 1 is 0.614 bits per heavy atom. The lowest BCUT2D eigenvalue weighted by molar-refractivity contribution is -0.165. The number of carbonyl (C=O) groups excluding carboxylic acids is 4. The van der Waals surface area contributed by atoms with Gasteiger partial charge >= 0.3 is 23.9 Å². The van der Waals surface area contributed by atoms with E-state index < -0.39 is 46.1 Å². The van der Waals surface area contributed by atoms with Crippen molar-refractivity contribution in [3.05, 3.63) is 22.8 Å². The quantitative estimate of drug-likeness (QED) is 0.354. The second kappa shape index (κ2) is 10.8. The van der Waals surface area contributed by atoms with E-state index in [4.69, 9.17) is 28.9 Å². The van der Waals surface area contributed by atoms with E-state index in [1.165, 1.54) is 13.8 Å². The number of ether oxygens (including phenoxy) is 4. The molecule has 4 aliphatic rings. The van der Waals surface area contributed by atoms with Crippen LogP contribution >= 0.6 is 0 Å². The van der Waals surface area contributed by atoms with Crippen LogP contribution < -0.4 is 0 Å². The van der Waals surface area contributed by atoms with E-state index in [0.29, 0.717) is 38.5 Å². The van der Waals surface area contributed by atoms with Gasteiger partial charge in [-0.1, -0.05) is 13.8 Å². The normalized spacial score (nSPS) is 34.1. The van der Waals surface area contributed by atoms with Crippen molar-refractivity contribution >= 4 is 23.9 Å². The summed E-state index contributed by atoms with van der Waals surface area (Å²) in [4.78, 5) is 60.5. The lowest BCUT2D eigenvalue weighted by atomic mass is 9.66. The van der Waals surface area contributed by atoms with Crippen molar-refractivity contribution in [2.45, 2.75) is 132 Å². The van der Waals surface area contributed by atoms with Crippen LogP contribution in [0.1, 0.15) is 105 Å². The first-order chi connectivity index (χ1) is 20.2. The Bertz CT molecular complexity index is 1270. The predicted molar refractivity (Wildman–Crippen MR) is 159 cm³/mol. The Kier molecular flexibility index (Phi) is 7.94. The van der Waals surface area contributed by atoms with Crippen LogP contribution in [-0.2, 0) is 63.8 Å². The SMILES string of the molecule is CC(=O)O[C@H]1C[C@H](OC(=O)C(C)(C)C)[C@@]2(C)Cc3nc4c(nc3C[C@H]12)C[C@]1(C)[C@@H](OC(=O)C(C)(C)C)C[C@H](OC(C)=O)[C@H]1C4. The van der Waals surface area contributed by atoms with Crippen molar-refractivity contribution in [2.24, 2.45) is 33.5 Å². The molecule has 0 amide bonds. The number of hydrogen-bond acceptors (Lipinski definition) is 10. The zero-order chi connectivity index (χ0) is 32.6. The fourth-order valence-electron chi connectivity index (χ4n) is 7.83. The number of hydrogen-bond donors (Lipinski definition) is 0. The van der Waals surface area contributed by atoms with E-state index in [1.54, 1.807) is 0 Å². The molecule has 1 heterocycles. The van der Waals surface area contributed by atoms with Crippen molar-refractivity contribution < 1.29 is 38.1 Å². The fourth-order valence-corrected chi connectivity index (χ4v) is 7.83. The van der Waals surface area contributed by atoms with E-state index in [1.807, 2.05) is 41.5 Å². The van der Waals surface area contributed by atoms with Gasteiger partial charge in [-0.25, -0.2) is 0 Å². The standard InChI is InChI=1S/C34H48N2O8/c1-17(37)41-25-13-27(43-29(39)31(3,4)5)33(9)15-23-21(11-19(25)33)35-24-16-34(10)20(12-22(24)36-23)26(42-18(2)38)14-28(34)44-30(40)32(6,7)8/h19-20,25-28H,11-16H2,1-10H3/t19-,20-,25+,26+,27+,28+,33+,34+/m1/s1. The van der Waals surface area contributed by atoms with Crippen LogP contribution in [0.5, 0.6) is 0 Å². The molecule has 0 unspecified atom stereocenters. The van der Waals surface area contributed by atoms with Crippen molar-refractivity contribution in [2.75, 3.05) is 0 Å². The van der Waals surface area contributed by atoms with Gasteiger partial charge in [0.2, 0.25) is 0 Å². The number of fused-ring (bicyclic) bond motifs is 4. The average molecular weight is 613 g/mol. The molecule has 2 saturated carbocycles. The summed E-state index contributed by atoms with van der Waals surface area (Å²) in [6.45, 7) is 18.0. The first-order valence-corrected chi connectivity index (χ1v) is 15.9. The molecular weight excluding hydrogens is 564 g/mol. The van der Waals surface area contributed by atoms with E-state index in [2.05, 4.69) is 13.8 Å². The second-order valence-electron chi connectivity index (χ2n) is 16.1. The van der Waals surface area contributed by atoms with Crippen molar-refractivity contribution in [3.8, 4) is 0 Å². The molecule has 0 radical (unpaired) electrons. The summed E-state index contributed by atoms with van der Waals surface area (Å²) in [6, 6.07) is 0. The molecule has 4 aliphatic carbocycles. The molecule has 0 spiro atoms. The Labute approximate surface area is 260 Å². The minimum absolute atomic E-state index is 0.0868. The van der Waals surface area contributed by atoms with Gasteiger partial charge in [0.05, 0.1) is 33.6 Å². The van der Waals surface area contributed by atoms with Gasteiger partial charge in [0.15, 0.2) is 0 Å².